The predicted octanol–water partition coefficient (Wildman–Crippen LogP) is 6.83. The largest absolute Gasteiger partial charge is 0.467 e. The summed E-state index contributed by atoms with van der Waals surface area (Å²) in [7, 11) is 0. The Hall–Kier alpha value is -4.61. The van der Waals surface area contributed by atoms with Crippen LogP contribution < -0.4 is 10.6 Å². The maximum absolute atomic E-state index is 13.7. The van der Waals surface area contributed by atoms with Crippen molar-refractivity contribution >= 4 is 57.8 Å². The van der Waals surface area contributed by atoms with Crippen LogP contribution in [-0.2, 0) is 27.5 Å². The summed E-state index contributed by atoms with van der Waals surface area (Å²) in [5, 5.41) is 4.98. The number of carbonyl (C=O) groups excluding carboxylic acids is 3. The Morgan fingerprint density at radius 2 is 1.86 bits per heavy atom. The Balaban J connectivity index is 1.23. The molecule has 0 radical (unpaired) electrons. The van der Waals surface area contributed by atoms with Gasteiger partial charge in [-0.25, -0.2) is 14.2 Å². The van der Waals surface area contributed by atoms with Crippen molar-refractivity contribution in [1.29, 1.82) is 0 Å². The van der Waals surface area contributed by atoms with Crippen LogP contribution in [0.4, 0.5) is 20.6 Å². The van der Waals surface area contributed by atoms with E-state index in [2.05, 4.69) is 15.6 Å². The van der Waals surface area contributed by atoms with Gasteiger partial charge in [0.2, 0.25) is 11.8 Å². The van der Waals surface area contributed by atoms with Gasteiger partial charge in [0.15, 0.2) is 5.17 Å². The first-order valence-corrected chi connectivity index (χ1v) is 14.4. The fraction of sp³-hybridized carbons (Fsp3) is 0.161. The molecule has 0 aliphatic carbocycles. The fourth-order valence-electron chi connectivity index (χ4n) is 4.12. The van der Waals surface area contributed by atoms with Gasteiger partial charge < -0.3 is 19.8 Å². The summed E-state index contributed by atoms with van der Waals surface area (Å²) in [6.45, 7) is 1.80. The number of nitrogens with zero attached hydrogens (tertiary/aromatic N) is 2. The summed E-state index contributed by atoms with van der Waals surface area (Å²) in [6.07, 6.45) is 0.812. The average Bonchev–Trinajstić information content (AvgIpc) is 3.63. The number of furan rings is 1. The summed E-state index contributed by atoms with van der Waals surface area (Å²) in [4.78, 5) is 44.4. The van der Waals surface area contributed by atoms with Crippen LogP contribution in [0.25, 0.3) is 0 Å². The van der Waals surface area contributed by atoms with E-state index in [1.54, 1.807) is 43.3 Å². The number of anilines is 1. The molecule has 5 rings (SSSR count). The highest BCUT2D eigenvalue weighted by Gasteiger charge is 2.39. The van der Waals surface area contributed by atoms with Gasteiger partial charge in [0.25, 0.3) is 0 Å². The molecule has 3 amide bonds. The number of rotatable bonds is 9. The summed E-state index contributed by atoms with van der Waals surface area (Å²) >= 11 is 7.17. The van der Waals surface area contributed by atoms with E-state index in [0.29, 0.717) is 27.9 Å². The Bertz CT molecular complexity index is 1630. The highest BCUT2D eigenvalue weighted by atomic mass is 35.5. The lowest BCUT2D eigenvalue weighted by molar-refractivity contribution is -0.126. The van der Waals surface area contributed by atoms with Crippen molar-refractivity contribution in [2.75, 3.05) is 5.32 Å². The van der Waals surface area contributed by atoms with Crippen molar-refractivity contribution in [2.45, 2.75) is 31.4 Å². The molecule has 220 valence electrons. The van der Waals surface area contributed by atoms with Gasteiger partial charge in [-0.1, -0.05) is 65.8 Å². The number of hydrogen-bond donors (Lipinski definition) is 2. The molecule has 1 saturated heterocycles. The van der Waals surface area contributed by atoms with E-state index in [1.165, 1.54) is 41.1 Å². The number of thioether (sulfide) groups is 1. The molecule has 1 aliphatic heterocycles. The molecule has 0 spiro atoms. The molecule has 4 aromatic rings. The van der Waals surface area contributed by atoms with E-state index < -0.39 is 29.1 Å². The van der Waals surface area contributed by atoms with Crippen LogP contribution in [0, 0.1) is 5.82 Å². The van der Waals surface area contributed by atoms with Crippen LogP contribution in [0.1, 0.15) is 29.1 Å². The van der Waals surface area contributed by atoms with Crippen molar-refractivity contribution in [1.82, 2.24) is 10.2 Å². The number of alkyl carbamates (subject to hydrolysis) is 1. The zero-order chi connectivity index (χ0) is 30.3. The first-order valence-electron chi connectivity index (χ1n) is 13.2. The maximum Gasteiger partial charge on any atom is 0.408 e. The Morgan fingerprint density at radius 1 is 1.09 bits per heavy atom. The second kappa shape index (κ2) is 13.6. The Morgan fingerprint density at radius 3 is 2.56 bits per heavy atom. The van der Waals surface area contributed by atoms with Crippen molar-refractivity contribution in [3.05, 3.63) is 119 Å². The number of amides is 3. The molecule has 1 unspecified atom stereocenters. The summed E-state index contributed by atoms with van der Waals surface area (Å²) < 4.78 is 24.3. The van der Waals surface area contributed by atoms with Crippen molar-refractivity contribution in [3.63, 3.8) is 0 Å². The molecule has 2 heterocycles. The molecular weight excluding hydrogens is 595 g/mol. The van der Waals surface area contributed by atoms with E-state index in [9.17, 15) is 18.8 Å². The average molecular weight is 621 g/mol. The van der Waals surface area contributed by atoms with Gasteiger partial charge in [-0.05, 0) is 60.5 Å². The van der Waals surface area contributed by atoms with Gasteiger partial charge >= 0.3 is 6.09 Å². The number of carbonyl (C=O) groups is 3. The second-order valence-corrected chi connectivity index (χ2v) is 11.0. The molecule has 0 bridgehead atoms. The van der Waals surface area contributed by atoms with E-state index in [4.69, 9.17) is 20.8 Å². The van der Waals surface area contributed by atoms with Gasteiger partial charge in [-0.2, -0.15) is 0 Å². The minimum absolute atomic E-state index is 0.0726. The monoisotopic (exact) mass is 620 g/mol. The number of aliphatic imine (C=N–C) groups is 1. The third kappa shape index (κ3) is 7.62. The van der Waals surface area contributed by atoms with E-state index in [-0.39, 0.29) is 24.1 Å². The van der Waals surface area contributed by atoms with Crippen LogP contribution in [0.3, 0.4) is 0 Å². The number of nitrogens with one attached hydrogen (secondary N) is 2. The third-order valence-corrected chi connectivity index (χ3v) is 7.91. The normalized spacial score (nSPS) is 16.3. The number of amidine groups is 1. The van der Waals surface area contributed by atoms with E-state index in [0.717, 1.165) is 5.56 Å². The minimum atomic E-state index is -0.858. The molecule has 12 heteroatoms. The summed E-state index contributed by atoms with van der Waals surface area (Å²) in [6, 6.07) is 22.7. The predicted molar refractivity (Wildman–Crippen MR) is 162 cm³/mol. The van der Waals surface area contributed by atoms with Crippen molar-refractivity contribution in [3.8, 4) is 0 Å². The lowest BCUT2D eigenvalue weighted by atomic mass is 10.1. The molecule has 1 fully saturated rings. The highest BCUT2D eigenvalue weighted by Crippen LogP contribution is 2.41. The summed E-state index contributed by atoms with van der Waals surface area (Å²) in [5.74, 6) is -0.639. The molecule has 9 nitrogen and oxygen atoms in total. The zero-order valence-corrected chi connectivity index (χ0v) is 24.4. The lowest BCUT2D eigenvalue weighted by Crippen LogP contribution is -2.41. The first-order chi connectivity index (χ1) is 20.8. The summed E-state index contributed by atoms with van der Waals surface area (Å²) in [5.41, 5.74) is 2.40. The number of ether oxygens (including phenoxy) is 1. The SMILES string of the molecule is C[C@@H](NC(=O)OCc1ccccc1)C(=O)Nc1ccc(C2SC(=Nc3ccc(F)c(Cl)c3)N(Cc3ccco3)C2=O)cc1. The van der Waals surface area contributed by atoms with Gasteiger partial charge in [-0.15, -0.1) is 0 Å². The van der Waals surface area contributed by atoms with Crippen molar-refractivity contribution in [2.24, 2.45) is 4.99 Å². The lowest BCUT2D eigenvalue weighted by Gasteiger charge is -2.16. The van der Waals surface area contributed by atoms with Gasteiger partial charge in [0.1, 0.15) is 29.5 Å². The number of hydrogen-bond acceptors (Lipinski definition) is 7. The van der Waals surface area contributed by atoms with Gasteiger partial charge in [0.05, 0.1) is 23.5 Å². The molecule has 0 saturated carbocycles. The first kappa shape index (κ1) is 29.9. The smallest absolute Gasteiger partial charge is 0.408 e. The molecule has 43 heavy (non-hydrogen) atoms. The van der Waals surface area contributed by atoms with Gasteiger partial charge in [-0.3, -0.25) is 14.5 Å². The highest BCUT2D eigenvalue weighted by molar-refractivity contribution is 8.15. The quantitative estimate of drug-likeness (QED) is 0.212. The zero-order valence-electron chi connectivity index (χ0n) is 22.8. The van der Waals surface area contributed by atoms with Crippen molar-refractivity contribution < 1.29 is 27.9 Å². The van der Waals surface area contributed by atoms with Crippen LogP contribution in [0.2, 0.25) is 5.02 Å². The van der Waals surface area contributed by atoms with Crippen LogP contribution in [0.5, 0.6) is 0 Å². The van der Waals surface area contributed by atoms with Crippen LogP contribution in [-0.4, -0.2) is 34.0 Å². The van der Waals surface area contributed by atoms with E-state index in [1.807, 2.05) is 30.3 Å². The minimum Gasteiger partial charge on any atom is -0.467 e. The number of halogens is 2. The fourth-order valence-corrected chi connectivity index (χ4v) is 5.47. The second-order valence-electron chi connectivity index (χ2n) is 9.53. The van der Waals surface area contributed by atoms with Gasteiger partial charge in [0, 0.05) is 5.69 Å². The van der Waals surface area contributed by atoms with Crippen LogP contribution in [0.15, 0.2) is 101 Å². The topological polar surface area (TPSA) is 113 Å². The molecule has 2 N–H and O–H groups in total. The van der Waals surface area contributed by atoms with Crippen LogP contribution >= 0.6 is 23.4 Å². The molecular formula is C31H26ClFN4O5S. The number of benzene rings is 3. The Labute approximate surface area is 256 Å². The molecule has 1 aliphatic rings. The third-order valence-electron chi connectivity index (χ3n) is 6.39. The maximum atomic E-state index is 13.7. The molecule has 1 aromatic heterocycles. The van der Waals surface area contributed by atoms with E-state index >= 15 is 0 Å². The molecule has 2 atom stereocenters. The molecule has 3 aromatic carbocycles. The Kier molecular flexibility index (Phi) is 9.43. The standard InChI is InChI=1S/C31H26ClFN4O5S/c1-19(34-31(40)42-18-20-6-3-2-4-7-20)28(38)35-22-11-9-21(10-12-22)27-29(39)37(17-24-8-5-15-41-24)30(43-27)36-23-13-14-26(33)25(32)16-23/h2-16,19,27H,17-18H2,1H3,(H,34,40)(H,35,38)/t19-,27?/m1/s1.